The number of nitrogens with one attached hydrogen (secondary N) is 1. The number of guanidine groups is 1. The van der Waals surface area contributed by atoms with Gasteiger partial charge in [-0.1, -0.05) is 12.1 Å². The summed E-state index contributed by atoms with van der Waals surface area (Å²) >= 11 is 0. The highest BCUT2D eigenvalue weighted by atomic mass is 127. The van der Waals surface area contributed by atoms with E-state index in [2.05, 4.69) is 33.3 Å². The number of halogens is 2. The highest BCUT2D eigenvalue weighted by molar-refractivity contribution is 14.0. The van der Waals surface area contributed by atoms with Gasteiger partial charge >= 0.3 is 0 Å². The summed E-state index contributed by atoms with van der Waals surface area (Å²) in [4.78, 5) is 9.16. The van der Waals surface area contributed by atoms with Crippen LogP contribution in [0, 0.1) is 5.82 Å². The van der Waals surface area contributed by atoms with Crippen LogP contribution < -0.4 is 10.2 Å². The molecule has 0 amide bonds. The molecule has 1 fully saturated rings. The Kier molecular flexibility index (Phi) is 9.01. The topological polar surface area (TPSA) is 48.7 Å². The van der Waals surface area contributed by atoms with Gasteiger partial charge in [-0.3, -0.25) is 9.67 Å². The standard InChI is InChI=1S/C20H29FN6.HI/c1-3-22-20(23-10-6-7-17-15-24-25(2)16-17)27-13-11-26(12-14-27)19-9-5-4-8-18(19)21;/h4-5,8-9,15-16H,3,6-7,10-14H2,1-2H3,(H,22,23);1H. The van der Waals surface area contributed by atoms with E-state index in [9.17, 15) is 4.39 Å². The Morgan fingerprint density at radius 3 is 2.61 bits per heavy atom. The van der Waals surface area contributed by atoms with Gasteiger partial charge in [-0.2, -0.15) is 5.10 Å². The van der Waals surface area contributed by atoms with Crippen molar-refractivity contribution in [2.24, 2.45) is 12.0 Å². The molecule has 8 heteroatoms. The molecular weight excluding hydrogens is 470 g/mol. The lowest BCUT2D eigenvalue weighted by atomic mass is 10.2. The number of aliphatic imine (C=N–C) groups is 1. The molecule has 1 aliphatic heterocycles. The maximum atomic E-state index is 14.0. The van der Waals surface area contributed by atoms with Gasteiger partial charge in [0.1, 0.15) is 5.82 Å². The first-order valence-corrected chi connectivity index (χ1v) is 9.67. The Labute approximate surface area is 183 Å². The van der Waals surface area contributed by atoms with Crippen LogP contribution in [0.1, 0.15) is 18.9 Å². The molecule has 1 aliphatic rings. The minimum Gasteiger partial charge on any atom is -0.366 e. The van der Waals surface area contributed by atoms with Gasteiger partial charge in [0.05, 0.1) is 11.9 Å². The van der Waals surface area contributed by atoms with Crippen LogP contribution in [0.25, 0.3) is 0 Å². The second-order valence-corrected chi connectivity index (χ2v) is 6.79. The van der Waals surface area contributed by atoms with Crippen molar-refractivity contribution in [2.75, 3.05) is 44.2 Å². The second-order valence-electron chi connectivity index (χ2n) is 6.79. The first-order valence-electron chi connectivity index (χ1n) is 9.67. The molecule has 0 saturated carbocycles. The predicted octanol–water partition coefficient (Wildman–Crippen LogP) is 2.90. The zero-order valence-corrected chi connectivity index (χ0v) is 19.0. The van der Waals surface area contributed by atoms with Gasteiger partial charge in [-0.05, 0) is 37.5 Å². The van der Waals surface area contributed by atoms with Gasteiger partial charge in [0.2, 0.25) is 0 Å². The molecule has 0 atom stereocenters. The van der Waals surface area contributed by atoms with E-state index in [1.807, 2.05) is 30.1 Å². The van der Waals surface area contributed by atoms with Crippen molar-refractivity contribution in [3.8, 4) is 0 Å². The van der Waals surface area contributed by atoms with Gasteiger partial charge in [0.25, 0.3) is 0 Å². The van der Waals surface area contributed by atoms with Crippen molar-refractivity contribution in [1.29, 1.82) is 0 Å². The second kappa shape index (κ2) is 11.2. The van der Waals surface area contributed by atoms with Gasteiger partial charge in [0, 0.05) is 52.5 Å². The van der Waals surface area contributed by atoms with Crippen LogP contribution in [0.15, 0.2) is 41.7 Å². The summed E-state index contributed by atoms with van der Waals surface area (Å²) in [5.74, 6) is 0.804. The first-order chi connectivity index (χ1) is 13.2. The molecule has 2 aromatic rings. The molecule has 0 aliphatic carbocycles. The lowest BCUT2D eigenvalue weighted by Gasteiger charge is -2.37. The Morgan fingerprint density at radius 2 is 1.96 bits per heavy atom. The van der Waals surface area contributed by atoms with Crippen molar-refractivity contribution in [2.45, 2.75) is 19.8 Å². The Balaban J connectivity index is 0.00000280. The molecule has 2 heterocycles. The molecule has 0 radical (unpaired) electrons. The normalized spacial score (nSPS) is 14.8. The summed E-state index contributed by atoms with van der Waals surface area (Å²) < 4.78 is 15.8. The third kappa shape index (κ3) is 6.08. The SMILES string of the molecule is CCNC(=NCCCc1cnn(C)c1)N1CCN(c2ccccc2F)CC1.I. The molecular formula is C20H30FIN6. The van der Waals surface area contributed by atoms with E-state index in [-0.39, 0.29) is 29.8 Å². The van der Waals surface area contributed by atoms with Crippen LogP contribution in [0.3, 0.4) is 0 Å². The lowest BCUT2D eigenvalue weighted by Crippen LogP contribution is -2.52. The summed E-state index contributed by atoms with van der Waals surface area (Å²) in [5.41, 5.74) is 1.94. The summed E-state index contributed by atoms with van der Waals surface area (Å²) in [6, 6.07) is 6.99. The molecule has 1 saturated heterocycles. The van der Waals surface area contributed by atoms with E-state index < -0.39 is 0 Å². The van der Waals surface area contributed by atoms with Crippen LogP contribution in [0.4, 0.5) is 10.1 Å². The predicted molar refractivity (Wildman–Crippen MR) is 123 cm³/mol. The molecule has 1 aromatic carbocycles. The summed E-state index contributed by atoms with van der Waals surface area (Å²) in [6.07, 6.45) is 5.95. The average molecular weight is 500 g/mol. The molecule has 0 unspecified atom stereocenters. The number of para-hydroxylation sites is 1. The van der Waals surface area contributed by atoms with E-state index in [0.717, 1.165) is 58.1 Å². The highest BCUT2D eigenvalue weighted by Crippen LogP contribution is 2.20. The maximum absolute atomic E-state index is 14.0. The van der Waals surface area contributed by atoms with Crippen LogP contribution in [-0.2, 0) is 13.5 Å². The number of aryl methyl sites for hydroxylation is 2. The van der Waals surface area contributed by atoms with E-state index in [1.165, 1.54) is 11.6 Å². The summed E-state index contributed by atoms with van der Waals surface area (Å²) in [5, 5.41) is 7.59. The van der Waals surface area contributed by atoms with Gasteiger partial charge in [-0.15, -0.1) is 24.0 Å². The van der Waals surface area contributed by atoms with Crippen molar-refractivity contribution in [1.82, 2.24) is 20.0 Å². The third-order valence-corrected chi connectivity index (χ3v) is 4.75. The fraction of sp³-hybridized carbons (Fsp3) is 0.500. The number of benzene rings is 1. The van der Waals surface area contributed by atoms with E-state index in [1.54, 1.807) is 6.07 Å². The first kappa shape index (κ1) is 22.4. The smallest absolute Gasteiger partial charge is 0.194 e. The average Bonchev–Trinajstić information content (AvgIpc) is 3.10. The molecule has 0 spiro atoms. The number of hydrogen-bond acceptors (Lipinski definition) is 3. The fourth-order valence-electron chi connectivity index (χ4n) is 3.36. The molecule has 1 aromatic heterocycles. The van der Waals surface area contributed by atoms with Crippen LogP contribution >= 0.6 is 24.0 Å². The van der Waals surface area contributed by atoms with Crippen molar-refractivity contribution >= 4 is 35.6 Å². The summed E-state index contributed by atoms with van der Waals surface area (Å²) in [7, 11) is 1.94. The van der Waals surface area contributed by atoms with Gasteiger partial charge in [-0.25, -0.2) is 4.39 Å². The molecule has 1 N–H and O–H groups in total. The Morgan fingerprint density at radius 1 is 1.21 bits per heavy atom. The Hall–Kier alpha value is -1.84. The van der Waals surface area contributed by atoms with Crippen molar-refractivity contribution < 1.29 is 4.39 Å². The van der Waals surface area contributed by atoms with Gasteiger partial charge in [0.15, 0.2) is 5.96 Å². The number of hydrogen-bond donors (Lipinski definition) is 1. The molecule has 28 heavy (non-hydrogen) atoms. The van der Waals surface area contributed by atoms with Crippen molar-refractivity contribution in [3.63, 3.8) is 0 Å². The molecule has 6 nitrogen and oxygen atoms in total. The monoisotopic (exact) mass is 500 g/mol. The maximum Gasteiger partial charge on any atom is 0.194 e. The zero-order valence-electron chi connectivity index (χ0n) is 16.6. The van der Waals surface area contributed by atoms with E-state index >= 15 is 0 Å². The van der Waals surface area contributed by atoms with Crippen LogP contribution in [0.2, 0.25) is 0 Å². The van der Waals surface area contributed by atoms with E-state index in [0.29, 0.717) is 5.69 Å². The quantitative estimate of drug-likeness (QED) is 0.287. The fourth-order valence-corrected chi connectivity index (χ4v) is 3.36. The minimum absolute atomic E-state index is 0. The highest BCUT2D eigenvalue weighted by Gasteiger charge is 2.21. The molecule has 0 bridgehead atoms. The van der Waals surface area contributed by atoms with Gasteiger partial charge < -0.3 is 15.1 Å². The van der Waals surface area contributed by atoms with Crippen LogP contribution in [0.5, 0.6) is 0 Å². The zero-order chi connectivity index (χ0) is 19.1. The minimum atomic E-state index is -0.151. The number of piperazine rings is 1. The molecule has 3 rings (SSSR count). The van der Waals surface area contributed by atoms with Crippen LogP contribution in [-0.4, -0.2) is 59.9 Å². The lowest BCUT2D eigenvalue weighted by molar-refractivity contribution is 0.370. The van der Waals surface area contributed by atoms with E-state index in [4.69, 9.17) is 4.99 Å². The molecule has 154 valence electrons. The number of anilines is 1. The third-order valence-electron chi connectivity index (χ3n) is 4.75. The summed E-state index contributed by atoms with van der Waals surface area (Å²) in [6.45, 7) is 6.97. The number of aromatic nitrogens is 2. The number of rotatable bonds is 6. The Bertz CT molecular complexity index is 755. The number of nitrogens with zero attached hydrogens (tertiary/aromatic N) is 5. The van der Waals surface area contributed by atoms with Crippen molar-refractivity contribution in [3.05, 3.63) is 48.0 Å². The largest absolute Gasteiger partial charge is 0.366 e.